The van der Waals surface area contributed by atoms with Crippen LogP contribution in [0.2, 0.25) is 0 Å². The van der Waals surface area contributed by atoms with Crippen molar-refractivity contribution in [2.75, 3.05) is 13.7 Å². The molecule has 1 aliphatic heterocycles. The Labute approximate surface area is 189 Å². The summed E-state index contributed by atoms with van der Waals surface area (Å²) in [5, 5.41) is 10.7. The first-order valence-corrected chi connectivity index (χ1v) is 11.4. The molecule has 0 aromatic heterocycles. The second-order valence-electron chi connectivity index (χ2n) is 9.25. The molecule has 1 N–H and O–H groups in total. The number of rotatable bonds is 7. The fourth-order valence-electron chi connectivity index (χ4n) is 4.55. The molecule has 32 heavy (non-hydrogen) atoms. The van der Waals surface area contributed by atoms with Gasteiger partial charge in [-0.1, -0.05) is 26.7 Å². The van der Waals surface area contributed by atoms with Crippen LogP contribution in [0.5, 0.6) is 28.7 Å². The second-order valence-corrected chi connectivity index (χ2v) is 9.25. The van der Waals surface area contributed by atoms with Gasteiger partial charge in [-0.2, -0.15) is 0 Å². The van der Waals surface area contributed by atoms with Gasteiger partial charge in [0.05, 0.1) is 19.8 Å². The van der Waals surface area contributed by atoms with Gasteiger partial charge in [0.15, 0.2) is 11.5 Å². The molecule has 172 valence electrons. The number of hydrogen-bond acceptors (Lipinski definition) is 6. The van der Waals surface area contributed by atoms with Crippen LogP contribution in [0.4, 0.5) is 0 Å². The summed E-state index contributed by atoms with van der Waals surface area (Å²) in [5.41, 5.74) is 1.62. The highest BCUT2D eigenvalue weighted by Gasteiger charge is 2.32. The number of hydrogen-bond donors (Lipinski definition) is 1. The lowest BCUT2D eigenvalue weighted by Gasteiger charge is -2.19. The Bertz CT molecular complexity index is 990. The third kappa shape index (κ3) is 4.56. The Morgan fingerprint density at radius 1 is 1.12 bits per heavy atom. The number of carbonyl (C=O) groups is 1. The molecule has 2 aromatic carbocycles. The van der Waals surface area contributed by atoms with Crippen LogP contribution in [-0.4, -0.2) is 24.8 Å². The van der Waals surface area contributed by atoms with Gasteiger partial charge in [-0.3, -0.25) is 0 Å². The molecule has 4 rings (SSSR count). The lowest BCUT2D eigenvalue weighted by Crippen LogP contribution is -2.12. The van der Waals surface area contributed by atoms with Crippen molar-refractivity contribution < 1.29 is 28.8 Å². The van der Waals surface area contributed by atoms with Gasteiger partial charge in [0.2, 0.25) is 5.75 Å². The summed E-state index contributed by atoms with van der Waals surface area (Å²) in [7, 11) is 1.48. The monoisotopic (exact) mass is 440 g/mol. The predicted octanol–water partition coefficient (Wildman–Crippen LogP) is 5.98. The van der Waals surface area contributed by atoms with Gasteiger partial charge >= 0.3 is 5.97 Å². The molecule has 6 nitrogen and oxygen atoms in total. The van der Waals surface area contributed by atoms with Crippen molar-refractivity contribution in [3.05, 3.63) is 41.0 Å². The van der Waals surface area contributed by atoms with Crippen molar-refractivity contribution in [3.8, 4) is 28.7 Å². The highest BCUT2D eigenvalue weighted by molar-refractivity contribution is 5.99. The maximum atomic E-state index is 13.1. The van der Waals surface area contributed by atoms with E-state index in [9.17, 15) is 9.90 Å². The van der Waals surface area contributed by atoms with E-state index in [4.69, 9.17) is 18.9 Å². The standard InChI is InChI=1S/C26H32O6/c1-15(2)11-19(27)18-9-10-20-23(24(18)29-4)26(28)32-22-13-16(3)12-21(25(22)31-20)30-14-17-7-5-6-8-17/h9-10,12-13,15,17,19,27H,5-8,11,14H2,1-4H3/t19-/m0/s1. The van der Waals surface area contributed by atoms with E-state index in [-0.39, 0.29) is 17.2 Å². The van der Waals surface area contributed by atoms with Gasteiger partial charge in [0, 0.05) is 5.56 Å². The lowest BCUT2D eigenvalue weighted by molar-refractivity contribution is 0.0733. The number of benzene rings is 2. The summed E-state index contributed by atoms with van der Waals surface area (Å²) < 4.78 is 23.6. The largest absolute Gasteiger partial charge is 0.495 e. The third-order valence-corrected chi connectivity index (χ3v) is 6.14. The normalized spacial score (nSPS) is 16.6. The van der Waals surface area contributed by atoms with Crippen LogP contribution in [0.25, 0.3) is 0 Å². The minimum atomic E-state index is -0.763. The van der Waals surface area contributed by atoms with E-state index in [2.05, 4.69) is 0 Å². The summed E-state index contributed by atoms with van der Waals surface area (Å²) in [6.07, 6.45) is 4.61. The number of carbonyl (C=O) groups excluding carboxylic acids is 1. The Kier molecular flexibility index (Phi) is 6.60. The van der Waals surface area contributed by atoms with Crippen molar-refractivity contribution in [2.45, 2.75) is 59.0 Å². The molecule has 0 spiro atoms. The third-order valence-electron chi connectivity index (χ3n) is 6.14. The van der Waals surface area contributed by atoms with E-state index in [0.29, 0.717) is 47.5 Å². The molecule has 0 unspecified atom stereocenters. The summed E-state index contributed by atoms with van der Waals surface area (Å²) in [6.45, 7) is 6.60. The zero-order valence-electron chi connectivity index (χ0n) is 19.3. The number of ether oxygens (including phenoxy) is 4. The Balaban J connectivity index is 1.71. The van der Waals surface area contributed by atoms with Crippen molar-refractivity contribution in [3.63, 3.8) is 0 Å². The quantitative estimate of drug-likeness (QED) is 0.422. The van der Waals surface area contributed by atoms with Gasteiger partial charge in [-0.25, -0.2) is 4.79 Å². The SMILES string of the molecule is COc1c([C@@H](O)CC(C)C)ccc2c1C(=O)Oc1cc(C)cc(OCC3CCCC3)c1O2. The molecule has 2 aromatic rings. The van der Waals surface area contributed by atoms with E-state index in [1.807, 2.05) is 26.8 Å². The van der Waals surface area contributed by atoms with Crippen LogP contribution in [0.15, 0.2) is 24.3 Å². The van der Waals surface area contributed by atoms with Crippen LogP contribution in [0.1, 0.15) is 73.5 Å². The molecule has 1 heterocycles. The molecule has 0 radical (unpaired) electrons. The summed E-state index contributed by atoms with van der Waals surface area (Å²) >= 11 is 0. The predicted molar refractivity (Wildman–Crippen MR) is 121 cm³/mol. The molecular formula is C26H32O6. The summed E-state index contributed by atoms with van der Waals surface area (Å²) in [4.78, 5) is 13.1. The molecule has 1 atom stereocenters. The number of esters is 1. The molecule has 0 amide bonds. The van der Waals surface area contributed by atoms with Crippen LogP contribution in [0.3, 0.4) is 0 Å². The van der Waals surface area contributed by atoms with E-state index < -0.39 is 12.1 Å². The zero-order chi connectivity index (χ0) is 22.8. The van der Waals surface area contributed by atoms with E-state index in [0.717, 1.165) is 5.56 Å². The minimum Gasteiger partial charge on any atom is -0.495 e. The van der Waals surface area contributed by atoms with Crippen molar-refractivity contribution in [1.82, 2.24) is 0 Å². The average Bonchev–Trinajstić information content (AvgIpc) is 3.21. The number of aryl methyl sites for hydroxylation is 1. The zero-order valence-corrected chi connectivity index (χ0v) is 19.3. The first kappa shape index (κ1) is 22.5. The van der Waals surface area contributed by atoms with E-state index in [1.165, 1.54) is 32.8 Å². The Morgan fingerprint density at radius 2 is 1.88 bits per heavy atom. The first-order valence-electron chi connectivity index (χ1n) is 11.4. The van der Waals surface area contributed by atoms with Gasteiger partial charge in [0.25, 0.3) is 0 Å². The number of methoxy groups -OCH3 is 1. The van der Waals surface area contributed by atoms with Gasteiger partial charge in [-0.05, 0) is 67.9 Å². The fourth-order valence-corrected chi connectivity index (χ4v) is 4.55. The van der Waals surface area contributed by atoms with E-state index >= 15 is 0 Å². The molecule has 1 fully saturated rings. The second kappa shape index (κ2) is 9.41. The first-order chi connectivity index (χ1) is 15.4. The topological polar surface area (TPSA) is 74.2 Å². The summed E-state index contributed by atoms with van der Waals surface area (Å²) in [6, 6.07) is 7.11. The van der Waals surface area contributed by atoms with Crippen LogP contribution in [0, 0.1) is 18.8 Å². The molecule has 2 aliphatic rings. The highest BCUT2D eigenvalue weighted by Crippen LogP contribution is 2.48. The lowest BCUT2D eigenvalue weighted by atomic mass is 9.96. The highest BCUT2D eigenvalue weighted by atomic mass is 16.6. The van der Waals surface area contributed by atoms with Gasteiger partial charge in [0.1, 0.15) is 17.1 Å². The van der Waals surface area contributed by atoms with Crippen LogP contribution >= 0.6 is 0 Å². The average molecular weight is 441 g/mol. The molecule has 6 heteroatoms. The smallest absolute Gasteiger partial charge is 0.351 e. The van der Waals surface area contributed by atoms with Gasteiger partial charge in [-0.15, -0.1) is 0 Å². The van der Waals surface area contributed by atoms with E-state index in [1.54, 1.807) is 18.2 Å². The minimum absolute atomic E-state index is 0.170. The maximum absolute atomic E-state index is 13.1. The maximum Gasteiger partial charge on any atom is 0.351 e. The van der Waals surface area contributed by atoms with Crippen LogP contribution in [-0.2, 0) is 0 Å². The number of fused-ring (bicyclic) bond motifs is 2. The molecule has 1 aliphatic carbocycles. The number of aliphatic hydroxyl groups is 1. The molecule has 0 saturated heterocycles. The fraction of sp³-hybridized carbons (Fsp3) is 0.500. The van der Waals surface area contributed by atoms with Crippen molar-refractivity contribution >= 4 is 5.97 Å². The molecule has 0 bridgehead atoms. The Morgan fingerprint density at radius 3 is 2.56 bits per heavy atom. The molecule has 1 saturated carbocycles. The number of aliphatic hydroxyl groups excluding tert-OH is 1. The molecular weight excluding hydrogens is 408 g/mol. The summed E-state index contributed by atoms with van der Waals surface area (Å²) in [5.74, 6) is 2.11. The van der Waals surface area contributed by atoms with Crippen molar-refractivity contribution in [1.29, 1.82) is 0 Å². The van der Waals surface area contributed by atoms with Crippen molar-refractivity contribution in [2.24, 2.45) is 11.8 Å². The van der Waals surface area contributed by atoms with Gasteiger partial charge < -0.3 is 24.1 Å². The Hall–Kier alpha value is -2.73. The van der Waals surface area contributed by atoms with Crippen LogP contribution < -0.4 is 18.9 Å².